The van der Waals surface area contributed by atoms with Crippen LogP contribution in [0.15, 0.2) is 48.5 Å². The summed E-state index contributed by atoms with van der Waals surface area (Å²) in [6.45, 7) is 0.682. The van der Waals surface area contributed by atoms with Crippen molar-refractivity contribution in [3.63, 3.8) is 0 Å². The van der Waals surface area contributed by atoms with E-state index in [-0.39, 0.29) is 18.2 Å². The summed E-state index contributed by atoms with van der Waals surface area (Å²) < 4.78 is 0. The van der Waals surface area contributed by atoms with Crippen LogP contribution in [0.1, 0.15) is 41.2 Å². The van der Waals surface area contributed by atoms with E-state index in [2.05, 4.69) is 5.32 Å². The fourth-order valence-electron chi connectivity index (χ4n) is 3.08. The Kier molecular flexibility index (Phi) is 5.76. The van der Waals surface area contributed by atoms with E-state index in [1.54, 1.807) is 53.4 Å². The molecule has 2 aromatic carbocycles. The average Bonchev–Trinajstić information content (AvgIpc) is 3.07. The summed E-state index contributed by atoms with van der Waals surface area (Å²) >= 11 is 5.87. The summed E-state index contributed by atoms with van der Waals surface area (Å²) in [6, 6.07) is 12.7. The molecule has 2 aromatic rings. The van der Waals surface area contributed by atoms with Crippen molar-refractivity contribution in [2.75, 3.05) is 11.4 Å². The molecule has 1 saturated heterocycles. The number of aliphatic carboxylic acids is 1. The van der Waals surface area contributed by atoms with Crippen LogP contribution in [0, 0.1) is 0 Å². The molecule has 6 nitrogen and oxygen atoms in total. The number of hydrogen-bond acceptors (Lipinski definition) is 3. The van der Waals surface area contributed by atoms with Gasteiger partial charge in [0.15, 0.2) is 0 Å². The van der Waals surface area contributed by atoms with Gasteiger partial charge in [0.1, 0.15) is 0 Å². The van der Waals surface area contributed by atoms with Gasteiger partial charge in [-0.25, -0.2) is 0 Å². The maximum atomic E-state index is 12.6. The van der Waals surface area contributed by atoms with Crippen molar-refractivity contribution < 1.29 is 19.5 Å². The highest BCUT2D eigenvalue weighted by Gasteiger charge is 2.22. The first kappa shape index (κ1) is 18.9. The Morgan fingerprint density at radius 3 is 2.33 bits per heavy atom. The van der Waals surface area contributed by atoms with Crippen LogP contribution < -0.4 is 10.2 Å². The summed E-state index contributed by atoms with van der Waals surface area (Å²) in [5.41, 5.74) is 1.82. The number of carboxylic acid groups (broad SMARTS) is 1. The van der Waals surface area contributed by atoms with E-state index in [1.165, 1.54) is 0 Å². The Labute approximate surface area is 161 Å². The minimum atomic E-state index is -1.02. The third-order valence-corrected chi connectivity index (χ3v) is 4.72. The lowest BCUT2D eigenvalue weighted by Crippen LogP contribution is -2.30. The molecular weight excluding hydrogens is 368 g/mol. The van der Waals surface area contributed by atoms with E-state index in [0.29, 0.717) is 29.1 Å². The number of carbonyl (C=O) groups excluding carboxylic acids is 2. The molecule has 0 bridgehead atoms. The summed E-state index contributed by atoms with van der Waals surface area (Å²) in [4.78, 5) is 37.2. The van der Waals surface area contributed by atoms with Crippen molar-refractivity contribution in [2.24, 2.45) is 0 Å². The lowest BCUT2D eigenvalue weighted by molar-refractivity contribution is -0.137. The summed E-state index contributed by atoms with van der Waals surface area (Å²) in [7, 11) is 0. The molecule has 0 radical (unpaired) electrons. The van der Waals surface area contributed by atoms with Gasteiger partial charge in [-0.15, -0.1) is 0 Å². The fourth-order valence-corrected chi connectivity index (χ4v) is 3.20. The molecule has 27 heavy (non-hydrogen) atoms. The number of carbonyl (C=O) groups is 3. The number of rotatable bonds is 6. The predicted molar refractivity (Wildman–Crippen MR) is 102 cm³/mol. The monoisotopic (exact) mass is 386 g/mol. The zero-order valence-electron chi connectivity index (χ0n) is 14.5. The molecule has 2 N–H and O–H groups in total. The summed E-state index contributed by atoms with van der Waals surface area (Å²) in [6.07, 6.45) is 1.13. The van der Waals surface area contributed by atoms with Gasteiger partial charge in [-0.05, 0) is 48.4 Å². The zero-order chi connectivity index (χ0) is 19.4. The van der Waals surface area contributed by atoms with E-state index in [9.17, 15) is 14.4 Å². The Hall–Kier alpha value is -2.86. The zero-order valence-corrected chi connectivity index (χ0v) is 15.3. The van der Waals surface area contributed by atoms with Gasteiger partial charge in [-0.2, -0.15) is 0 Å². The van der Waals surface area contributed by atoms with E-state index in [1.807, 2.05) is 0 Å². The van der Waals surface area contributed by atoms with Crippen LogP contribution in [-0.4, -0.2) is 29.4 Å². The molecule has 1 aliphatic rings. The lowest BCUT2D eigenvalue weighted by Gasteiger charge is -2.19. The highest BCUT2D eigenvalue weighted by Crippen LogP contribution is 2.23. The van der Waals surface area contributed by atoms with E-state index in [0.717, 1.165) is 12.1 Å². The predicted octanol–water partition coefficient (Wildman–Crippen LogP) is 3.41. The SMILES string of the molecule is O=C(O)C[C@H](NC(=O)c1ccc(N2CCCC2=O)cc1)c1ccc(Cl)cc1. The van der Waals surface area contributed by atoms with Gasteiger partial charge in [0.2, 0.25) is 5.91 Å². The molecule has 1 fully saturated rings. The first-order valence-corrected chi connectivity index (χ1v) is 9.00. The minimum absolute atomic E-state index is 0.0801. The maximum Gasteiger partial charge on any atom is 0.305 e. The van der Waals surface area contributed by atoms with Gasteiger partial charge in [-0.3, -0.25) is 14.4 Å². The third kappa shape index (κ3) is 4.65. The number of nitrogens with zero attached hydrogens (tertiary/aromatic N) is 1. The molecule has 7 heteroatoms. The third-order valence-electron chi connectivity index (χ3n) is 4.47. The van der Waals surface area contributed by atoms with Crippen LogP contribution in [0.2, 0.25) is 5.02 Å². The molecule has 2 amide bonds. The standard InChI is InChI=1S/C20H19ClN2O4/c21-15-7-3-13(4-8-15)17(12-19(25)26)22-20(27)14-5-9-16(10-6-14)23-11-1-2-18(23)24/h3-10,17H,1-2,11-12H2,(H,22,27)(H,25,26)/t17-/m0/s1. The largest absolute Gasteiger partial charge is 0.481 e. The number of benzene rings is 2. The van der Waals surface area contributed by atoms with Crippen LogP contribution in [-0.2, 0) is 9.59 Å². The van der Waals surface area contributed by atoms with Crippen LogP contribution in [0.4, 0.5) is 5.69 Å². The smallest absolute Gasteiger partial charge is 0.305 e. The lowest BCUT2D eigenvalue weighted by atomic mass is 10.0. The van der Waals surface area contributed by atoms with Crippen molar-refractivity contribution in [1.29, 1.82) is 0 Å². The fraction of sp³-hybridized carbons (Fsp3) is 0.250. The van der Waals surface area contributed by atoms with Crippen molar-refractivity contribution in [3.8, 4) is 0 Å². The number of carboxylic acids is 1. The van der Waals surface area contributed by atoms with Gasteiger partial charge in [0, 0.05) is 29.2 Å². The van der Waals surface area contributed by atoms with Gasteiger partial charge in [0.05, 0.1) is 12.5 Å². The van der Waals surface area contributed by atoms with Crippen molar-refractivity contribution in [2.45, 2.75) is 25.3 Å². The quantitative estimate of drug-likeness (QED) is 0.796. The number of hydrogen-bond donors (Lipinski definition) is 2. The second-order valence-corrected chi connectivity index (χ2v) is 6.81. The normalized spacial score (nSPS) is 14.9. The number of nitrogens with one attached hydrogen (secondary N) is 1. The first-order valence-electron chi connectivity index (χ1n) is 8.62. The molecule has 0 spiro atoms. The maximum absolute atomic E-state index is 12.6. The number of amides is 2. The summed E-state index contributed by atoms with van der Waals surface area (Å²) in [5.74, 6) is -1.31. The van der Waals surface area contributed by atoms with E-state index in [4.69, 9.17) is 16.7 Å². The Morgan fingerprint density at radius 1 is 1.11 bits per heavy atom. The molecule has 3 rings (SSSR count). The molecule has 1 heterocycles. The Morgan fingerprint density at radius 2 is 1.78 bits per heavy atom. The van der Waals surface area contributed by atoms with Crippen molar-refractivity contribution >= 4 is 35.1 Å². The van der Waals surface area contributed by atoms with Crippen LogP contribution in [0.25, 0.3) is 0 Å². The Bertz CT molecular complexity index is 849. The van der Waals surface area contributed by atoms with Crippen LogP contribution >= 0.6 is 11.6 Å². The van der Waals surface area contributed by atoms with Gasteiger partial charge < -0.3 is 15.3 Å². The second-order valence-electron chi connectivity index (χ2n) is 6.37. The van der Waals surface area contributed by atoms with Gasteiger partial charge >= 0.3 is 5.97 Å². The molecule has 0 saturated carbocycles. The van der Waals surface area contributed by atoms with Crippen LogP contribution in [0.3, 0.4) is 0 Å². The topological polar surface area (TPSA) is 86.7 Å². The molecule has 140 valence electrons. The number of halogens is 1. The molecule has 0 aromatic heterocycles. The molecule has 1 atom stereocenters. The Balaban J connectivity index is 1.74. The first-order chi connectivity index (χ1) is 12.9. The molecular formula is C20H19ClN2O4. The van der Waals surface area contributed by atoms with Crippen LogP contribution in [0.5, 0.6) is 0 Å². The summed E-state index contributed by atoms with van der Waals surface area (Å²) in [5, 5.41) is 12.4. The minimum Gasteiger partial charge on any atom is -0.481 e. The van der Waals surface area contributed by atoms with Crippen molar-refractivity contribution in [3.05, 3.63) is 64.7 Å². The van der Waals surface area contributed by atoms with Crippen molar-refractivity contribution in [1.82, 2.24) is 5.32 Å². The van der Waals surface area contributed by atoms with E-state index < -0.39 is 12.0 Å². The van der Waals surface area contributed by atoms with Gasteiger partial charge in [-0.1, -0.05) is 23.7 Å². The van der Waals surface area contributed by atoms with Gasteiger partial charge in [0.25, 0.3) is 5.91 Å². The average molecular weight is 387 g/mol. The molecule has 1 aliphatic heterocycles. The highest BCUT2D eigenvalue weighted by molar-refractivity contribution is 6.30. The second kappa shape index (κ2) is 8.22. The van der Waals surface area contributed by atoms with E-state index >= 15 is 0 Å². The molecule has 0 unspecified atom stereocenters. The molecule has 0 aliphatic carbocycles. The highest BCUT2D eigenvalue weighted by atomic mass is 35.5. The number of anilines is 1.